The topological polar surface area (TPSA) is 26.0 Å². The summed E-state index contributed by atoms with van der Waals surface area (Å²) in [4.78, 5) is 0. The van der Waals surface area contributed by atoms with Gasteiger partial charge in [-0.1, -0.05) is 29.7 Å². The molecular weight excluding hydrogens is 174 g/mol. The van der Waals surface area contributed by atoms with Gasteiger partial charge >= 0.3 is 0 Å². The molecule has 0 aliphatic rings. The third-order valence-corrected chi connectivity index (χ3v) is 2.16. The lowest BCUT2D eigenvalue weighted by atomic mass is 10.2. The Morgan fingerprint density at radius 3 is 3.08 bits per heavy atom. The van der Waals surface area contributed by atoms with Gasteiger partial charge in [-0.3, -0.25) is 0 Å². The zero-order valence-corrected chi connectivity index (χ0v) is 7.43. The SMILES string of the molecule is CCc1onc2c(Cl)cccc12. The highest BCUT2D eigenvalue weighted by atomic mass is 35.5. The molecule has 0 saturated heterocycles. The van der Waals surface area contributed by atoms with E-state index in [0.717, 1.165) is 23.1 Å². The van der Waals surface area contributed by atoms with Gasteiger partial charge in [0.15, 0.2) is 0 Å². The third kappa shape index (κ3) is 0.994. The molecule has 0 aliphatic carbocycles. The molecule has 12 heavy (non-hydrogen) atoms. The predicted octanol–water partition coefficient (Wildman–Crippen LogP) is 3.04. The molecule has 1 heterocycles. The molecule has 0 radical (unpaired) electrons. The number of aromatic nitrogens is 1. The van der Waals surface area contributed by atoms with Gasteiger partial charge in [0.2, 0.25) is 0 Å². The zero-order valence-electron chi connectivity index (χ0n) is 6.67. The lowest BCUT2D eigenvalue weighted by Crippen LogP contribution is -1.74. The quantitative estimate of drug-likeness (QED) is 0.676. The van der Waals surface area contributed by atoms with Crippen LogP contribution in [0, 0.1) is 0 Å². The summed E-state index contributed by atoms with van der Waals surface area (Å²) in [6.45, 7) is 2.03. The monoisotopic (exact) mass is 181 g/mol. The molecule has 0 atom stereocenters. The Kier molecular flexibility index (Phi) is 1.77. The van der Waals surface area contributed by atoms with Gasteiger partial charge < -0.3 is 4.52 Å². The maximum Gasteiger partial charge on any atom is 0.144 e. The average Bonchev–Trinajstić information content (AvgIpc) is 2.49. The van der Waals surface area contributed by atoms with Crippen molar-refractivity contribution in [2.75, 3.05) is 0 Å². The highest BCUT2D eigenvalue weighted by Crippen LogP contribution is 2.24. The molecular formula is C9H8ClNO. The first-order valence-corrected chi connectivity index (χ1v) is 4.23. The first-order valence-electron chi connectivity index (χ1n) is 3.85. The standard InChI is InChI=1S/C9H8ClNO/c1-2-8-6-4-3-5-7(10)9(6)11-12-8/h3-5H,2H2,1H3. The van der Waals surface area contributed by atoms with Gasteiger partial charge in [0, 0.05) is 11.8 Å². The molecule has 1 aromatic heterocycles. The van der Waals surface area contributed by atoms with Crippen LogP contribution in [0.3, 0.4) is 0 Å². The van der Waals surface area contributed by atoms with Gasteiger partial charge in [0.05, 0.1) is 5.02 Å². The summed E-state index contributed by atoms with van der Waals surface area (Å²) in [5.41, 5.74) is 0.760. The minimum absolute atomic E-state index is 0.649. The number of benzene rings is 1. The zero-order chi connectivity index (χ0) is 8.55. The Morgan fingerprint density at radius 1 is 1.50 bits per heavy atom. The molecule has 62 valence electrons. The average molecular weight is 182 g/mol. The number of halogens is 1. The molecule has 0 spiro atoms. The molecule has 0 N–H and O–H groups in total. The second kappa shape index (κ2) is 2.79. The smallest absolute Gasteiger partial charge is 0.144 e. The maximum absolute atomic E-state index is 5.90. The van der Waals surface area contributed by atoms with Crippen LogP contribution in [-0.2, 0) is 6.42 Å². The van der Waals surface area contributed by atoms with Gasteiger partial charge in [-0.25, -0.2) is 0 Å². The van der Waals surface area contributed by atoms with E-state index in [-0.39, 0.29) is 0 Å². The molecule has 2 rings (SSSR count). The summed E-state index contributed by atoms with van der Waals surface area (Å²) in [7, 11) is 0. The summed E-state index contributed by atoms with van der Waals surface area (Å²) < 4.78 is 5.11. The first kappa shape index (κ1) is 7.62. The molecule has 0 amide bonds. The van der Waals surface area contributed by atoms with Crippen molar-refractivity contribution in [3.8, 4) is 0 Å². The van der Waals surface area contributed by atoms with Crippen LogP contribution in [0.1, 0.15) is 12.7 Å². The molecule has 2 aromatic rings. The van der Waals surface area contributed by atoms with E-state index in [1.807, 2.05) is 25.1 Å². The maximum atomic E-state index is 5.90. The molecule has 0 fully saturated rings. The van der Waals surface area contributed by atoms with Crippen LogP contribution in [0.2, 0.25) is 5.02 Å². The van der Waals surface area contributed by atoms with Gasteiger partial charge in [-0.2, -0.15) is 0 Å². The van der Waals surface area contributed by atoms with Crippen molar-refractivity contribution in [2.24, 2.45) is 0 Å². The van der Waals surface area contributed by atoms with Crippen LogP contribution >= 0.6 is 11.6 Å². The van der Waals surface area contributed by atoms with Crippen molar-refractivity contribution in [1.29, 1.82) is 0 Å². The Hall–Kier alpha value is -1.02. The number of hydrogen-bond acceptors (Lipinski definition) is 2. The van der Waals surface area contributed by atoms with E-state index in [0.29, 0.717) is 5.02 Å². The Labute approximate surface area is 75.1 Å². The summed E-state index contributed by atoms with van der Waals surface area (Å²) >= 11 is 5.90. The fourth-order valence-electron chi connectivity index (χ4n) is 1.24. The molecule has 0 aliphatic heterocycles. The fraction of sp³-hybridized carbons (Fsp3) is 0.222. The van der Waals surface area contributed by atoms with Crippen molar-refractivity contribution < 1.29 is 4.52 Å². The van der Waals surface area contributed by atoms with E-state index in [2.05, 4.69) is 5.16 Å². The summed E-state index contributed by atoms with van der Waals surface area (Å²) in [5.74, 6) is 0.896. The predicted molar refractivity (Wildman–Crippen MR) is 48.4 cm³/mol. The minimum Gasteiger partial charge on any atom is -0.360 e. The number of fused-ring (bicyclic) bond motifs is 1. The van der Waals surface area contributed by atoms with E-state index in [1.165, 1.54) is 0 Å². The summed E-state index contributed by atoms with van der Waals surface area (Å²) in [6.07, 6.45) is 0.844. The fourth-order valence-corrected chi connectivity index (χ4v) is 1.45. The van der Waals surface area contributed by atoms with Crippen LogP contribution in [0.25, 0.3) is 10.9 Å². The van der Waals surface area contributed by atoms with Gasteiger partial charge in [0.25, 0.3) is 0 Å². The lowest BCUT2D eigenvalue weighted by molar-refractivity contribution is 0.395. The van der Waals surface area contributed by atoms with Crippen molar-refractivity contribution in [1.82, 2.24) is 5.16 Å². The molecule has 0 saturated carbocycles. The van der Waals surface area contributed by atoms with Crippen molar-refractivity contribution in [3.63, 3.8) is 0 Å². The van der Waals surface area contributed by atoms with Gasteiger partial charge in [-0.05, 0) is 12.1 Å². The minimum atomic E-state index is 0.649. The van der Waals surface area contributed by atoms with E-state index >= 15 is 0 Å². The molecule has 1 aromatic carbocycles. The van der Waals surface area contributed by atoms with Crippen molar-refractivity contribution >= 4 is 22.5 Å². The number of rotatable bonds is 1. The van der Waals surface area contributed by atoms with Crippen LogP contribution < -0.4 is 0 Å². The van der Waals surface area contributed by atoms with Crippen LogP contribution in [0.4, 0.5) is 0 Å². The second-order valence-electron chi connectivity index (χ2n) is 2.60. The molecule has 2 nitrogen and oxygen atoms in total. The van der Waals surface area contributed by atoms with Crippen LogP contribution in [0.15, 0.2) is 22.7 Å². The molecule has 0 bridgehead atoms. The number of hydrogen-bond donors (Lipinski definition) is 0. The van der Waals surface area contributed by atoms with E-state index in [1.54, 1.807) is 0 Å². The van der Waals surface area contributed by atoms with E-state index in [4.69, 9.17) is 16.1 Å². The third-order valence-electron chi connectivity index (χ3n) is 1.86. The highest BCUT2D eigenvalue weighted by Gasteiger charge is 2.07. The number of aryl methyl sites for hydroxylation is 1. The van der Waals surface area contributed by atoms with E-state index in [9.17, 15) is 0 Å². The Morgan fingerprint density at radius 2 is 2.33 bits per heavy atom. The lowest BCUT2D eigenvalue weighted by Gasteiger charge is -1.89. The van der Waals surface area contributed by atoms with Crippen molar-refractivity contribution in [3.05, 3.63) is 29.0 Å². The summed E-state index contributed by atoms with van der Waals surface area (Å²) in [6, 6.07) is 5.68. The molecule has 0 unspecified atom stereocenters. The van der Waals surface area contributed by atoms with E-state index < -0.39 is 0 Å². The normalized spacial score (nSPS) is 10.8. The second-order valence-corrected chi connectivity index (χ2v) is 3.00. The van der Waals surface area contributed by atoms with Gasteiger partial charge in [-0.15, -0.1) is 0 Å². The van der Waals surface area contributed by atoms with Crippen LogP contribution in [-0.4, -0.2) is 5.16 Å². The number of nitrogens with zero attached hydrogens (tertiary/aromatic N) is 1. The highest BCUT2D eigenvalue weighted by molar-refractivity contribution is 6.35. The molecule has 3 heteroatoms. The van der Waals surface area contributed by atoms with Crippen LogP contribution in [0.5, 0.6) is 0 Å². The summed E-state index contributed by atoms with van der Waals surface area (Å²) in [5, 5.41) is 5.55. The Balaban J connectivity index is 2.80. The largest absolute Gasteiger partial charge is 0.360 e. The Bertz CT molecular complexity index is 408. The first-order chi connectivity index (χ1) is 5.83. The van der Waals surface area contributed by atoms with Crippen molar-refractivity contribution in [2.45, 2.75) is 13.3 Å². The van der Waals surface area contributed by atoms with Gasteiger partial charge in [0.1, 0.15) is 11.3 Å².